The van der Waals surface area contributed by atoms with Crippen LogP contribution in [-0.2, 0) is 0 Å². The highest BCUT2D eigenvalue weighted by Crippen LogP contribution is 2.29. The van der Waals surface area contributed by atoms with Crippen molar-refractivity contribution in [1.82, 2.24) is 10.2 Å². The zero-order chi connectivity index (χ0) is 10.1. The van der Waals surface area contributed by atoms with Gasteiger partial charge < -0.3 is 4.74 Å². The Labute approximate surface area is 87.4 Å². The van der Waals surface area contributed by atoms with Crippen LogP contribution < -0.4 is 4.74 Å². The van der Waals surface area contributed by atoms with Crippen LogP contribution in [0, 0.1) is 0 Å². The minimum absolute atomic E-state index is 0.596. The molecule has 1 aromatic heterocycles. The number of para-hydroxylation sites is 1. The monoisotopic (exact) mass is 198 g/mol. The first-order valence-corrected chi connectivity index (χ1v) is 4.85. The molecule has 0 saturated carbocycles. The van der Waals surface area contributed by atoms with Crippen molar-refractivity contribution in [3.05, 3.63) is 47.8 Å². The lowest BCUT2D eigenvalue weighted by atomic mass is 10.1. The van der Waals surface area contributed by atoms with E-state index in [4.69, 9.17) is 4.74 Å². The van der Waals surface area contributed by atoms with Crippen LogP contribution >= 0.6 is 0 Å². The predicted octanol–water partition coefficient (Wildman–Crippen LogP) is 2.34. The van der Waals surface area contributed by atoms with E-state index in [1.54, 1.807) is 6.20 Å². The summed E-state index contributed by atoms with van der Waals surface area (Å²) in [6.45, 7) is 0.596. The molecular formula is C12H10N2O. The number of benzene rings is 1. The van der Waals surface area contributed by atoms with E-state index in [-0.39, 0.29) is 0 Å². The van der Waals surface area contributed by atoms with Crippen molar-refractivity contribution < 1.29 is 4.74 Å². The molecule has 74 valence electrons. The molecule has 0 bridgehead atoms. The Hall–Kier alpha value is -2.03. The smallest absolute Gasteiger partial charge is 0.127 e. The topological polar surface area (TPSA) is 37.9 Å². The minimum Gasteiger partial charge on any atom is -0.488 e. The molecule has 0 saturated heterocycles. The van der Waals surface area contributed by atoms with Gasteiger partial charge in [0.25, 0.3) is 0 Å². The largest absolute Gasteiger partial charge is 0.488 e. The number of fused-ring (bicyclic) bond motifs is 1. The first-order chi connectivity index (χ1) is 7.43. The van der Waals surface area contributed by atoms with E-state index in [0.717, 1.165) is 22.6 Å². The molecule has 2 aromatic rings. The lowest BCUT2D eigenvalue weighted by Crippen LogP contribution is -2.06. The number of aromatic nitrogens is 2. The first-order valence-electron chi connectivity index (χ1n) is 4.85. The van der Waals surface area contributed by atoms with E-state index in [1.165, 1.54) is 0 Å². The Morgan fingerprint density at radius 1 is 1.20 bits per heavy atom. The molecule has 1 N–H and O–H groups in total. The van der Waals surface area contributed by atoms with Gasteiger partial charge in [-0.25, -0.2) is 0 Å². The van der Waals surface area contributed by atoms with Crippen LogP contribution in [0.25, 0.3) is 11.6 Å². The summed E-state index contributed by atoms with van der Waals surface area (Å²) in [4.78, 5) is 0. The van der Waals surface area contributed by atoms with E-state index < -0.39 is 0 Å². The Balaban J connectivity index is 2.06. The summed E-state index contributed by atoms with van der Waals surface area (Å²) in [5.41, 5.74) is 3.27. The zero-order valence-electron chi connectivity index (χ0n) is 8.10. The summed E-state index contributed by atoms with van der Waals surface area (Å²) in [6.07, 6.45) is 3.88. The van der Waals surface area contributed by atoms with Crippen LogP contribution in [-0.4, -0.2) is 16.8 Å². The first kappa shape index (κ1) is 8.29. The van der Waals surface area contributed by atoms with Crippen LogP contribution in [0.2, 0.25) is 0 Å². The number of rotatable bonds is 1. The number of hydrogen-bond acceptors (Lipinski definition) is 2. The van der Waals surface area contributed by atoms with E-state index in [2.05, 4.69) is 16.3 Å². The molecule has 1 aliphatic heterocycles. The lowest BCUT2D eigenvalue weighted by Gasteiger charge is -2.16. The Bertz CT molecular complexity index is 500. The number of nitrogens with one attached hydrogen (secondary N) is 1. The second-order valence-corrected chi connectivity index (χ2v) is 3.47. The summed E-state index contributed by atoms with van der Waals surface area (Å²) in [5, 5.41) is 6.87. The third-order valence-corrected chi connectivity index (χ3v) is 2.48. The molecule has 1 aliphatic rings. The van der Waals surface area contributed by atoms with Crippen molar-refractivity contribution in [3.63, 3.8) is 0 Å². The highest BCUT2D eigenvalue weighted by Gasteiger charge is 2.12. The van der Waals surface area contributed by atoms with E-state index in [0.29, 0.717) is 6.61 Å². The SMILES string of the molecule is C1=C(c2ccn[nH]2)COc2ccccc21. The van der Waals surface area contributed by atoms with Gasteiger partial charge in [0.15, 0.2) is 0 Å². The quantitative estimate of drug-likeness (QED) is 0.763. The molecule has 3 rings (SSSR count). The molecule has 0 atom stereocenters. The summed E-state index contributed by atoms with van der Waals surface area (Å²) >= 11 is 0. The van der Waals surface area contributed by atoms with Crippen molar-refractivity contribution in [2.24, 2.45) is 0 Å². The molecule has 0 fully saturated rings. The van der Waals surface area contributed by atoms with Crippen LogP contribution in [0.4, 0.5) is 0 Å². The number of H-pyrrole nitrogens is 1. The molecule has 0 unspecified atom stereocenters. The molecule has 0 spiro atoms. The predicted molar refractivity (Wildman–Crippen MR) is 58.4 cm³/mol. The molecule has 3 nitrogen and oxygen atoms in total. The third-order valence-electron chi connectivity index (χ3n) is 2.48. The lowest BCUT2D eigenvalue weighted by molar-refractivity contribution is 0.365. The van der Waals surface area contributed by atoms with Gasteiger partial charge >= 0.3 is 0 Å². The van der Waals surface area contributed by atoms with Gasteiger partial charge in [-0.2, -0.15) is 5.10 Å². The maximum absolute atomic E-state index is 5.64. The zero-order valence-corrected chi connectivity index (χ0v) is 8.10. The second-order valence-electron chi connectivity index (χ2n) is 3.47. The van der Waals surface area contributed by atoms with Crippen molar-refractivity contribution in [3.8, 4) is 5.75 Å². The number of ether oxygens (including phenoxy) is 1. The Morgan fingerprint density at radius 2 is 2.13 bits per heavy atom. The normalized spacial score (nSPS) is 14.0. The maximum atomic E-state index is 5.64. The van der Waals surface area contributed by atoms with E-state index in [1.807, 2.05) is 30.3 Å². The fraction of sp³-hybridized carbons (Fsp3) is 0.0833. The highest BCUT2D eigenvalue weighted by atomic mass is 16.5. The molecule has 1 aromatic carbocycles. The maximum Gasteiger partial charge on any atom is 0.127 e. The molecule has 15 heavy (non-hydrogen) atoms. The summed E-state index contributed by atoms with van der Waals surface area (Å²) < 4.78 is 5.64. The van der Waals surface area contributed by atoms with Gasteiger partial charge in [0.1, 0.15) is 12.4 Å². The Morgan fingerprint density at radius 3 is 3.00 bits per heavy atom. The van der Waals surface area contributed by atoms with Crippen molar-refractivity contribution in [2.75, 3.05) is 6.61 Å². The number of nitrogens with zero attached hydrogens (tertiary/aromatic N) is 1. The van der Waals surface area contributed by atoms with Gasteiger partial charge in [-0.1, -0.05) is 18.2 Å². The van der Waals surface area contributed by atoms with Gasteiger partial charge in [-0.3, -0.25) is 5.10 Å². The molecule has 3 heteroatoms. The van der Waals surface area contributed by atoms with Gasteiger partial charge in [0, 0.05) is 17.3 Å². The molecule has 0 radical (unpaired) electrons. The fourth-order valence-corrected chi connectivity index (χ4v) is 1.71. The average molecular weight is 198 g/mol. The second kappa shape index (κ2) is 3.28. The van der Waals surface area contributed by atoms with Crippen LogP contribution in [0.15, 0.2) is 36.5 Å². The standard InChI is InChI=1S/C12H10N2O/c1-2-4-12-9(3-1)7-10(8-15-12)11-5-6-13-14-11/h1-7H,8H2,(H,13,14). The summed E-state index contributed by atoms with van der Waals surface area (Å²) in [6, 6.07) is 9.96. The summed E-state index contributed by atoms with van der Waals surface area (Å²) in [5.74, 6) is 0.945. The van der Waals surface area contributed by atoms with Crippen molar-refractivity contribution in [2.45, 2.75) is 0 Å². The van der Waals surface area contributed by atoms with Crippen LogP contribution in [0.3, 0.4) is 0 Å². The van der Waals surface area contributed by atoms with E-state index >= 15 is 0 Å². The third kappa shape index (κ3) is 1.42. The molecule has 0 amide bonds. The average Bonchev–Trinajstić information content (AvgIpc) is 2.82. The molecule has 2 heterocycles. The van der Waals surface area contributed by atoms with Gasteiger partial charge in [-0.15, -0.1) is 0 Å². The van der Waals surface area contributed by atoms with Gasteiger partial charge in [-0.05, 0) is 18.2 Å². The Kier molecular flexibility index (Phi) is 1.81. The summed E-state index contributed by atoms with van der Waals surface area (Å²) in [7, 11) is 0. The number of hydrogen-bond donors (Lipinski definition) is 1. The highest BCUT2D eigenvalue weighted by molar-refractivity contribution is 5.84. The van der Waals surface area contributed by atoms with E-state index in [9.17, 15) is 0 Å². The fourth-order valence-electron chi connectivity index (χ4n) is 1.71. The van der Waals surface area contributed by atoms with Gasteiger partial charge in [0.2, 0.25) is 0 Å². The minimum atomic E-state index is 0.596. The molecular weight excluding hydrogens is 188 g/mol. The van der Waals surface area contributed by atoms with Crippen molar-refractivity contribution in [1.29, 1.82) is 0 Å². The van der Waals surface area contributed by atoms with Crippen molar-refractivity contribution >= 4 is 11.6 Å². The van der Waals surface area contributed by atoms with Gasteiger partial charge in [0.05, 0.1) is 5.69 Å². The number of aromatic amines is 1. The van der Waals surface area contributed by atoms with Crippen LogP contribution in [0.5, 0.6) is 5.75 Å². The molecule has 0 aliphatic carbocycles. The van der Waals surface area contributed by atoms with Crippen LogP contribution in [0.1, 0.15) is 11.3 Å².